The van der Waals surface area contributed by atoms with Crippen LogP contribution in [0.4, 0.5) is 0 Å². The first-order valence-electron chi connectivity index (χ1n) is 10.4. The van der Waals surface area contributed by atoms with Gasteiger partial charge in [-0.05, 0) is 31.0 Å². The molecule has 0 saturated carbocycles. The zero-order valence-electron chi connectivity index (χ0n) is 16.7. The molecule has 1 unspecified atom stereocenters. The van der Waals surface area contributed by atoms with E-state index in [0.29, 0.717) is 19.8 Å². The summed E-state index contributed by atoms with van der Waals surface area (Å²) in [6, 6.07) is 9.86. The summed E-state index contributed by atoms with van der Waals surface area (Å²) in [6.45, 7) is 4.18. The number of furan rings is 1. The van der Waals surface area contributed by atoms with E-state index in [4.69, 9.17) is 23.6 Å². The molecule has 2 aromatic rings. The Morgan fingerprint density at radius 3 is 2.86 bits per heavy atom. The molecule has 1 aromatic carbocycles. The smallest absolute Gasteiger partial charge is 0.191 e. The summed E-state index contributed by atoms with van der Waals surface area (Å²) in [7, 11) is 0. The Kier molecular flexibility index (Phi) is 6.91. The molecule has 2 N–H and O–H groups in total. The normalized spacial score (nSPS) is 19.0. The molecule has 3 heterocycles. The van der Waals surface area contributed by atoms with E-state index in [1.54, 1.807) is 6.26 Å². The summed E-state index contributed by atoms with van der Waals surface area (Å²) >= 11 is 0. The molecule has 7 nitrogen and oxygen atoms in total. The van der Waals surface area contributed by atoms with Gasteiger partial charge in [0.15, 0.2) is 17.5 Å². The van der Waals surface area contributed by atoms with Gasteiger partial charge in [-0.25, -0.2) is 4.99 Å². The summed E-state index contributed by atoms with van der Waals surface area (Å²) < 4.78 is 22.8. The zero-order chi connectivity index (χ0) is 19.7. The Hall–Kier alpha value is -2.67. The van der Waals surface area contributed by atoms with E-state index in [2.05, 4.69) is 10.6 Å². The number of fused-ring (bicyclic) bond motifs is 1. The van der Waals surface area contributed by atoms with Gasteiger partial charge in [-0.1, -0.05) is 12.1 Å². The van der Waals surface area contributed by atoms with E-state index in [1.165, 1.54) is 0 Å². The van der Waals surface area contributed by atoms with Crippen molar-refractivity contribution in [2.24, 2.45) is 4.99 Å². The molecule has 2 aliphatic heterocycles. The van der Waals surface area contributed by atoms with Crippen molar-refractivity contribution in [1.82, 2.24) is 10.6 Å². The molecule has 29 heavy (non-hydrogen) atoms. The number of ether oxygens (including phenoxy) is 3. The monoisotopic (exact) mass is 399 g/mol. The van der Waals surface area contributed by atoms with Gasteiger partial charge in [-0.15, -0.1) is 0 Å². The Morgan fingerprint density at radius 1 is 1.03 bits per heavy atom. The number of rotatable bonds is 7. The van der Waals surface area contributed by atoms with Crippen molar-refractivity contribution in [3.8, 4) is 11.5 Å². The first kappa shape index (κ1) is 19.6. The Bertz CT molecular complexity index is 785. The summed E-state index contributed by atoms with van der Waals surface area (Å²) in [4.78, 5) is 4.79. The van der Waals surface area contributed by atoms with Gasteiger partial charge in [-0.2, -0.15) is 0 Å². The molecule has 1 fully saturated rings. The van der Waals surface area contributed by atoms with E-state index in [9.17, 15) is 0 Å². The molecule has 0 amide bonds. The van der Waals surface area contributed by atoms with Gasteiger partial charge in [0, 0.05) is 38.1 Å². The number of nitrogens with one attached hydrogen (secondary N) is 2. The average molecular weight is 399 g/mol. The number of guanidine groups is 1. The standard InChI is InChI=1S/C22H29N3O4/c1-5-17(21-20(8-1)28-13-4-14-29-21)15-24-22(25-16-19-7-3-12-27-19)23-10-9-18-6-2-11-26-18/h1-2,5-6,8,11,19H,3-4,7,9-10,12-16H2,(H2,23,24,25). The first-order chi connectivity index (χ1) is 14.4. The van der Waals surface area contributed by atoms with Crippen LogP contribution in [0, 0.1) is 0 Å². The summed E-state index contributed by atoms with van der Waals surface area (Å²) in [5.74, 6) is 3.33. The molecular weight excluding hydrogens is 370 g/mol. The average Bonchev–Trinajstić information content (AvgIpc) is 3.40. The Labute approximate surface area is 171 Å². The summed E-state index contributed by atoms with van der Waals surface area (Å²) in [5.41, 5.74) is 1.02. The summed E-state index contributed by atoms with van der Waals surface area (Å²) in [5, 5.41) is 6.81. The van der Waals surface area contributed by atoms with Crippen molar-refractivity contribution >= 4 is 5.96 Å². The molecule has 7 heteroatoms. The molecule has 1 atom stereocenters. The maximum Gasteiger partial charge on any atom is 0.191 e. The number of aliphatic imine (C=N–C) groups is 1. The number of benzene rings is 1. The van der Waals surface area contributed by atoms with Crippen LogP contribution in [-0.4, -0.2) is 45.0 Å². The fourth-order valence-corrected chi connectivity index (χ4v) is 3.49. The fourth-order valence-electron chi connectivity index (χ4n) is 3.49. The Morgan fingerprint density at radius 2 is 2.00 bits per heavy atom. The Balaban J connectivity index is 1.40. The lowest BCUT2D eigenvalue weighted by Crippen LogP contribution is -2.41. The molecule has 156 valence electrons. The molecule has 0 aliphatic carbocycles. The second-order valence-corrected chi connectivity index (χ2v) is 7.23. The lowest BCUT2D eigenvalue weighted by atomic mass is 10.2. The number of hydrogen-bond donors (Lipinski definition) is 2. The van der Waals surface area contributed by atoms with Crippen molar-refractivity contribution in [2.75, 3.05) is 32.9 Å². The van der Waals surface area contributed by atoms with Crippen LogP contribution in [-0.2, 0) is 17.7 Å². The van der Waals surface area contributed by atoms with Crippen LogP contribution in [0.5, 0.6) is 11.5 Å². The minimum atomic E-state index is 0.247. The van der Waals surface area contributed by atoms with Crippen LogP contribution >= 0.6 is 0 Å². The van der Waals surface area contributed by atoms with Crippen molar-refractivity contribution in [3.05, 3.63) is 47.9 Å². The molecule has 0 spiro atoms. The lowest BCUT2D eigenvalue weighted by Gasteiger charge is -2.16. The number of para-hydroxylation sites is 1. The van der Waals surface area contributed by atoms with Gasteiger partial charge >= 0.3 is 0 Å². The SMILES string of the molecule is c1coc(CCNC(=NCc2cccc3c2OCCCO3)NCC2CCCO2)c1. The van der Waals surface area contributed by atoms with Crippen LogP contribution in [0.1, 0.15) is 30.6 Å². The van der Waals surface area contributed by atoms with Crippen LogP contribution in [0.2, 0.25) is 0 Å². The minimum Gasteiger partial charge on any atom is -0.490 e. The fraction of sp³-hybridized carbons (Fsp3) is 0.500. The summed E-state index contributed by atoms with van der Waals surface area (Å²) in [6.07, 6.45) is 5.84. The maximum atomic E-state index is 5.92. The van der Waals surface area contributed by atoms with E-state index in [1.807, 2.05) is 30.3 Å². The van der Waals surface area contributed by atoms with Crippen molar-refractivity contribution in [3.63, 3.8) is 0 Å². The molecule has 4 rings (SSSR count). The number of hydrogen-bond acceptors (Lipinski definition) is 5. The minimum absolute atomic E-state index is 0.247. The van der Waals surface area contributed by atoms with Crippen molar-refractivity contribution in [2.45, 2.75) is 38.3 Å². The first-order valence-corrected chi connectivity index (χ1v) is 10.4. The van der Waals surface area contributed by atoms with Gasteiger partial charge in [0.25, 0.3) is 0 Å². The van der Waals surface area contributed by atoms with E-state index in [-0.39, 0.29) is 6.10 Å². The maximum absolute atomic E-state index is 5.92. The predicted molar refractivity (Wildman–Crippen MR) is 111 cm³/mol. The van der Waals surface area contributed by atoms with Gasteiger partial charge in [-0.3, -0.25) is 0 Å². The highest BCUT2D eigenvalue weighted by Gasteiger charge is 2.17. The van der Waals surface area contributed by atoms with Gasteiger partial charge in [0.2, 0.25) is 0 Å². The lowest BCUT2D eigenvalue weighted by molar-refractivity contribution is 0.114. The predicted octanol–water partition coefficient (Wildman–Crippen LogP) is 2.90. The molecule has 2 aliphatic rings. The van der Waals surface area contributed by atoms with Crippen LogP contribution < -0.4 is 20.1 Å². The highest BCUT2D eigenvalue weighted by molar-refractivity contribution is 5.79. The van der Waals surface area contributed by atoms with Gasteiger partial charge < -0.3 is 29.3 Å². The molecule has 0 radical (unpaired) electrons. The molecule has 1 aromatic heterocycles. The van der Waals surface area contributed by atoms with Crippen LogP contribution in [0.15, 0.2) is 46.0 Å². The van der Waals surface area contributed by atoms with E-state index in [0.717, 1.165) is 74.2 Å². The largest absolute Gasteiger partial charge is 0.490 e. The van der Waals surface area contributed by atoms with E-state index >= 15 is 0 Å². The highest BCUT2D eigenvalue weighted by atomic mass is 16.5. The third-order valence-corrected chi connectivity index (χ3v) is 5.03. The molecule has 1 saturated heterocycles. The zero-order valence-corrected chi connectivity index (χ0v) is 16.7. The topological polar surface area (TPSA) is 77.3 Å². The van der Waals surface area contributed by atoms with Gasteiger partial charge in [0.05, 0.1) is 32.1 Å². The quantitative estimate of drug-likeness (QED) is 0.551. The highest BCUT2D eigenvalue weighted by Crippen LogP contribution is 2.33. The molecular formula is C22H29N3O4. The van der Waals surface area contributed by atoms with Crippen LogP contribution in [0.25, 0.3) is 0 Å². The van der Waals surface area contributed by atoms with Crippen molar-refractivity contribution < 1.29 is 18.6 Å². The van der Waals surface area contributed by atoms with Crippen LogP contribution in [0.3, 0.4) is 0 Å². The third kappa shape index (κ3) is 5.67. The third-order valence-electron chi connectivity index (χ3n) is 5.03. The second kappa shape index (κ2) is 10.2. The van der Waals surface area contributed by atoms with Crippen molar-refractivity contribution in [1.29, 1.82) is 0 Å². The second-order valence-electron chi connectivity index (χ2n) is 7.23. The van der Waals surface area contributed by atoms with Gasteiger partial charge in [0.1, 0.15) is 5.76 Å². The number of nitrogens with zero attached hydrogens (tertiary/aromatic N) is 1. The molecule has 0 bridgehead atoms. The van der Waals surface area contributed by atoms with E-state index < -0.39 is 0 Å².